The van der Waals surface area contributed by atoms with Crippen molar-refractivity contribution in [3.63, 3.8) is 0 Å². The third kappa shape index (κ3) is 3.08. The molecule has 0 aliphatic rings. The maximum Gasteiger partial charge on any atom is 0.527 e. The minimum Gasteiger partial charge on any atom is -0.368 e. The van der Waals surface area contributed by atoms with Crippen LogP contribution in [-0.2, 0) is 4.57 Å². The summed E-state index contributed by atoms with van der Waals surface area (Å²) >= 11 is 0. The SMILES string of the molecule is O=P(O)(O)Oc1ncccn1. The van der Waals surface area contributed by atoms with Crippen molar-refractivity contribution in [2.75, 3.05) is 0 Å². The third-order valence-corrected chi connectivity index (χ3v) is 1.14. The van der Waals surface area contributed by atoms with E-state index in [4.69, 9.17) is 9.79 Å². The lowest BCUT2D eigenvalue weighted by Gasteiger charge is -2.02. The van der Waals surface area contributed by atoms with Gasteiger partial charge in [0.2, 0.25) is 0 Å². The summed E-state index contributed by atoms with van der Waals surface area (Å²) in [6.45, 7) is 0. The van der Waals surface area contributed by atoms with Crippen LogP contribution in [0.3, 0.4) is 0 Å². The van der Waals surface area contributed by atoms with Gasteiger partial charge in [0, 0.05) is 12.4 Å². The highest BCUT2D eigenvalue weighted by atomic mass is 31.2. The molecule has 0 aliphatic carbocycles. The van der Waals surface area contributed by atoms with Gasteiger partial charge in [0.25, 0.3) is 0 Å². The van der Waals surface area contributed by atoms with Crippen LogP contribution in [0, 0.1) is 0 Å². The molecule has 0 saturated carbocycles. The van der Waals surface area contributed by atoms with Crippen LogP contribution in [0.4, 0.5) is 0 Å². The van der Waals surface area contributed by atoms with Crippen LogP contribution >= 0.6 is 7.82 Å². The highest BCUT2D eigenvalue weighted by Crippen LogP contribution is 2.35. The van der Waals surface area contributed by atoms with Crippen LogP contribution in [0.5, 0.6) is 6.01 Å². The van der Waals surface area contributed by atoms with E-state index in [9.17, 15) is 4.57 Å². The van der Waals surface area contributed by atoms with Crippen LogP contribution in [-0.4, -0.2) is 19.8 Å². The van der Waals surface area contributed by atoms with Gasteiger partial charge in [-0.25, -0.2) is 14.5 Å². The Hall–Kier alpha value is -0.970. The molecule has 7 heteroatoms. The molecule has 0 bridgehead atoms. The standard InChI is InChI=1S/C4H5N2O4P/c7-11(8,9)10-4-5-2-1-3-6-4/h1-3H,(H2,7,8,9). The van der Waals surface area contributed by atoms with Gasteiger partial charge in [0.1, 0.15) is 0 Å². The maximum absolute atomic E-state index is 10.2. The normalized spacial score (nSPS) is 11.1. The Morgan fingerprint density at radius 3 is 2.36 bits per heavy atom. The molecule has 0 atom stereocenters. The molecular formula is C4H5N2O4P. The van der Waals surface area contributed by atoms with E-state index in [0.717, 1.165) is 0 Å². The molecule has 1 heterocycles. The maximum atomic E-state index is 10.2. The number of phosphoric acid groups is 1. The zero-order valence-corrected chi connectivity index (χ0v) is 6.18. The van der Waals surface area contributed by atoms with Crippen molar-refractivity contribution in [3.8, 4) is 6.01 Å². The zero-order chi connectivity index (χ0) is 8.32. The average molecular weight is 176 g/mol. The highest BCUT2D eigenvalue weighted by molar-refractivity contribution is 7.46. The lowest BCUT2D eigenvalue weighted by Crippen LogP contribution is -1.94. The predicted octanol–water partition coefficient (Wildman–Crippen LogP) is -0.0519. The molecule has 0 fully saturated rings. The smallest absolute Gasteiger partial charge is 0.368 e. The van der Waals surface area contributed by atoms with E-state index in [0.29, 0.717) is 0 Å². The van der Waals surface area contributed by atoms with E-state index in [1.54, 1.807) is 0 Å². The van der Waals surface area contributed by atoms with E-state index in [-0.39, 0.29) is 6.01 Å². The van der Waals surface area contributed by atoms with Gasteiger partial charge in [-0.15, -0.1) is 0 Å². The number of rotatable bonds is 2. The lowest BCUT2D eigenvalue weighted by molar-refractivity contribution is 0.275. The first-order chi connectivity index (χ1) is 5.08. The summed E-state index contributed by atoms with van der Waals surface area (Å²) < 4.78 is 14.2. The van der Waals surface area contributed by atoms with Gasteiger partial charge in [0.15, 0.2) is 0 Å². The quantitative estimate of drug-likeness (QED) is 0.613. The molecule has 0 aromatic carbocycles. The van der Waals surface area contributed by atoms with Crippen molar-refractivity contribution in [1.82, 2.24) is 9.97 Å². The molecule has 0 spiro atoms. The second-order valence-electron chi connectivity index (χ2n) is 1.61. The van der Waals surface area contributed by atoms with E-state index in [2.05, 4.69) is 14.5 Å². The molecule has 6 nitrogen and oxygen atoms in total. The first kappa shape index (κ1) is 8.13. The van der Waals surface area contributed by atoms with Crippen molar-refractivity contribution in [2.24, 2.45) is 0 Å². The predicted molar refractivity (Wildman–Crippen MR) is 34.7 cm³/mol. The summed E-state index contributed by atoms with van der Waals surface area (Å²) in [5, 5.41) is 0. The summed E-state index contributed by atoms with van der Waals surface area (Å²) in [6.07, 6.45) is 2.63. The highest BCUT2D eigenvalue weighted by Gasteiger charge is 2.16. The average Bonchev–Trinajstić information content (AvgIpc) is 1.85. The Morgan fingerprint density at radius 1 is 1.36 bits per heavy atom. The monoisotopic (exact) mass is 176 g/mol. The number of aromatic nitrogens is 2. The van der Waals surface area contributed by atoms with Crippen molar-refractivity contribution in [1.29, 1.82) is 0 Å². The van der Waals surface area contributed by atoms with Gasteiger partial charge in [-0.3, -0.25) is 9.79 Å². The fraction of sp³-hybridized carbons (Fsp3) is 0. The molecule has 60 valence electrons. The van der Waals surface area contributed by atoms with Crippen molar-refractivity contribution < 1.29 is 18.9 Å². The summed E-state index contributed by atoms with van der Waals surface area (Å²) in [4.78, 5) is 23.4. The van der Waals surface area contributed by atoms with Gasteiger partial charge < -0.3 is 4.52 Å². The van der Waals surface area contributed by atoms with Crippen LogP contribution in [0.15, 0.2) is 18.5 Å². The molecule has 2 N–H and O–H groups in total. The molecule has 11 heavy (non-hydrogen) atoms. The molecule has 0 saturated heterocycles. The van der Waals surface area contributed by atoms with Gasteiger partial charge >= 0.3 is 13.8 Å². The van der Waals surface area contributed by atoms with E-state index in [1.807, 2.05) is 0 Å². The number of nitrogens with zero attached hydrogens (tertiary/aromatic N) is 2. The Labute approximate surface area is 62.1 Å². The van der Waals surface area contributed by atoms with E-state index in [1.165, 1.54) is 18.5 Å². The Morgan fingerprint density at radius 2 is 1.91 bits per heavy atom. The lowest BCUT2D eigenvalue weighted by atomic mass is 10.7. The van der Waals surface area contributed by atoms with Gasteiger partial charge in [-0.2, -0.15) is 0 Å². The minimum absolute atomic E-state index is 0.333. The Kier molecular flexibility index (Phi) is 2.19. The minimum atomic E-state index is -4.51. The first-order valence-corrected chi connectivity index (χ1v) is 4.13. The molecule has 0 unspecified atom stereocenters. The molecule has 1 rings (SSSR count). The fourth-order valence-electron chi connectivity index (χ4n) is 0.439. The van der Waals surface area contributed by atoms with Crippen molar-refractivity contribution in [3.05, 3.63) is 18.5 Å². The second-order valence-corrected chi connectivity index (χ2v) is 2.78. The summed E-state index contributed by atoms with van der Waals surface area (Å²) in [5.41, 5.74) is 0. The van der Waals surface area contributed by atoms with Crippen molar-refractivity contribution >= 4 is 7.82 Å². The number of hydrogen-bond donors (Lipinski definition) is 2. The Balaban J connectivity index is 2.74. The third-order valence-electron chi connectivity index (χ3n) is 0.743. The van der Waals surface area contributed by atoms with Crippen LogP contribution in [0.1, 0.15) is 0 Å². The number of phosphoric ester groups is 1. The molecule has 1 aromatic rings. The van der Waals surface area contributed by atoms with Crippen LogP contribution < -0.4 is 4.52 Å². The van der Waals surface area contributed by atoms with E-state index >= 15 is 0 Å². The molecule has 0 radical (unpaired) electrons. The molecule has 0 amide bonds. The molecular weight excluding hydrogens is 171 g/mol. The van der Waals surface area contributed by atoms with Crippen LogP contribution in [0.2, 0.25) is 0 Å². The van der Waals surface area contributed by atoms with Gasteiger partial charge in [0.05, 0.1) is 0 Å². The summed E-state index contributed by atoms with van der Waals surface area (Å²) in [6, 6.07) is 1.17. The first-order valence-electron chi connectivity index (χ1n) is 2.60. The fourth-order valence-corrected chi connectivity index (χ4v) is 0.746. The van der Waals surface area contributed by atoms with Gasteiger partial charge in [-0.05, 0) is 6.07 Å². The van der Waals surface area contributed by atoms with E-state index < -0.39 is 7.82 Å². The zero-order valence-electron chi connectivity index (χ0n) is 5.28. The van der Waals surface area contributed by atoms with Crippen LogP contribution in [0.25, 0.3) is 0 Å². The largest absolute Gasteiger partial charge is 0.527 e. The Bertz CT molecular complexity index is 271. The summed E-state index contributed by atoms with van der Waals surface area (Å²) in [7, 11) is -4.51. The topological polar surface area (TPSA) is 92.5 Å². The summed E-state index contributed by atoms with van der Waals surface area (Å²) in [5.74, 6) is 0. The van der Waals surface area contributed by atoms with Crippen molar-refractivity contribution in [2.45, 2.75) is 0 Å². The molecule has 0 aliphatic heterocycles. The van der Waals surface area contributed by atoms with Gasteiger partial charge in [-0.1, -0.05) is 0 Å². The molecule has 1 aromatic heterocycles. The number of hydrogen-bond acceptors (Lipinski definition) is 4. The second kappa shape index (κ2) is 2.96.